The van der Waals surface area contributed by atoms with Gasteiger partial charge in [0.25, 0.3) is 0 Å². The summed E-state index contributed by atoms with van der Waals surface area (Å²) in [5.41, 5.74) is 1.93. The van der Waals surface area contributed by atoms with Gasteiger partial charge in [0.2, 0.25) is 0 Å². The maximum absolute atomic E-state index is 11.0. The van der Waals surface area contributed by atoms with Gasteiger partial charge >= 0.3 is 5.97 Å². The zero-order valence-corrected chi connectivity index (χ0v) is 12.0. The van der Waals surface area contributed by atoms with Crippen molar-refractivity contribution in [2.45, 2.75) is 19.8 Å². The number of aromatic nitrogens is 1. The summed E-state index contributed by atoms with van der Waals surface area (Å²) in [6, 6.07) is 11.1. The van der Waals surface area contributed by atoms with Crippen LogP contribution in [0.15, 0.2) is 36.4 Å². The van der Waals surface area contributed by atoms with Crippen LogP contribution in [0.2, 0.25) is 5.02 Å². The highest BCUT2D eigenvalue weighted by Gasteiger charge is 2.11. The number of pyridine rings is 1. The molecule has 0 unspecified atom stereocenters. The number of carboxylic acid groups (broad SMARTS) is 1. The maximum atomic E-state index is 11.0. The van der Waals surface area contributed by atoms with Crippen LogP contribution in [0.3, 0.4) is 0 Å². The Labute approximate surface area is 122 Å². The molecule has 2 N–H and O–H groups in total. The molecule has 0 aliphatic carbocycles. The first-order valence-corrected chi connectivity index (χ1v) is 6.62. The molecule has 0 aliphatic heterocycles. The maximum Gasteiger partial charge on any atom is 0.356 e. The number of halogens is 1. The Hall–Kier alpha value is -2.07. The third kappa shape index (κ3) is 3.27. The number of hydrogen-bond acceptors (Lipinski definition) is 3. The van der Waals surface area contributed by atoms with Crippen LogP contribution in [0.25, 0.3) is 0 Å². The summed E-state index contributed by atoms with van der Waals surface area (Å²) < 4.78 is 0. The van der Waals surface area contributed by atoms with Crippen molar-refractivity contribution >= 4 is 29.1 Å². The second kappa shape index (κ2) is 5.92. The predicted octanol–water partition coefficient (Wildman–Crippen LogP) is 4.30. The lowest BCUT2D eigenvalue weighted by Crippen LogP contribution is -2.04. The third-order valence-electron chi connectivity index (χ3n) is 2.90. The molecule has 1 aromatic carbocycles. The van der Waals surface area contributed by atoms with Gasteiger partial charge in [0.15, 0.2) is 5.69 Å². The van der Waals surface area contributed by atoms with E-state index in [9.17, 15) is 4.79 Å². The molecule has 0 aliphatic rings. The average Bonchev–Trinajstić information content (AvgIpc) is 2.41. The van der Waals surface area contributed by atoms with Crippen LogP contribution in [0.5, 0.6) is 0 Å². The van der Waals surface area contributed by atoms with E-state index in [-0.39, 0.29) is 10.7 Å². The second-order valence-corrected chi connectivity index (χ2v) is 5.14. The molecule has 2 rings (SSSR count). The van der Waals surface area contributed by atoms with Crippen LogP contribution in [0.1, 0.15) is 35.8 Å². The van der Waals surface area contributed by atoms with Crippen LogP contribution < -0.4 is 5.32 Å². The zero-order valence-electron chi connectivity index (χ0n) is 11.2. The highest BCUT2D eigenvalue weighted by Crippen LogP contribution is 2.22. The molecule has 4 nitrogen and oxygen atoms in total. The number of hydrogen-bond donors (Lipinski definition) is 2. The molecule has 0 saturated carbocycles. The van der Waals surface area contributed by atoms with Crippen molar-refractivity contribution in [3.8, 4) is 0 Å². The van der Waals surface area contributed by atoms with Crippen LogP contribution in [0, 0.1) is 0 Å². The summed E-state index contributed by atoms with van der Waals surface area (Å²) in [6.45, 7) is 4.25. The SMILES string of the molecule is CC(C)c1ccc(Nc2ccc(Cl)c(C(=O)O)n2)cc1. The smallest absolute Gasteiger partial charge is 0.356 e. The minimum absolute atomic E-state index is 0.123. The first-order chi connectivity index (χ1) is 9.47. The molecule has 0 radical (unpaired) electrons. The highest BCUT2D eigenvalue weighted by molar-refractivity contribution is 6.33. The van der Waals surface area contributed by atoms with Gasteiger partial charge in [-0.1, -0.05) is 37.6 Å². The number of benzene rings is 1. The molecule has 20 heavy (non-hydrogen) atoms. The Morgan fingerprint density at radius 1 is 1.20 bits per heavy atom. The van der Waals surface area contributed by atoms with Gasteiger partial charge in [-0.15, -0.1) is 0 Å². The van der Waals surface area contributed by atoms with Crippen molar-refractivity contribution in [3.63, 3.8) is 0 Å². The molecule has 0 saturated heterocycles. The van der Waals surface area contributed by atoms with Crippen molar-refractivity contribution in [1.82, 2.24) is 4.98 Å². The van der Waals surface area contributed by atoms with E-state index >= 15 is 0 Å². The van der Waals surface area contributed by atoms with Crippen LogP contribution >= 0.6 is 11.6 Å². The van der Waals surface area contributed by atoms with Crippen LogP contribution in [-0.4, -0.2) is 16.1 Å². The fourth-order valence-electron chi connectivity index (χ4n) is 1.76. The summed E-state index contributed by atoms with van der Waals surface area (Å²) in [5, 5.41) is 12.2. The summed E-state index contributed by atoms with van der Waals surface area (Å²) >= 11 is 5.78. The lowest BCUT2D eigenvalue weighted by Gasteiger charge is -2.09. The van der Waals surface area contributed by atoms with E-state index < -0.39 is 5.97 Å². The Morgan fingerprint density at radius 2 is 1.85 bits per heavy atom. The molecule has 0 atom stereocenters. The van der Waals surface area contributed by atoms with E-state index in [4.69, 9.17) is 16.7 Å². The Bertz CT molecular complexity index is 624. The molecule has 2 aromatic rings. The molecule has 0 spiro atoms. The monoisotopic (exact) mass is 290 g/mol. The predicted molar refractivity (Wildman–Crippen MR) is 80.0 cm³/mol. The normalized spacial score (nSPS) is 10.6. The topological polar surface area (TPSA) is 62.2 Å². The van der Waals surface area contributed by atoms with E-state index in [1.54, 1.807) is 6.07 Å². The number of nitrogens with one attached hydrogen (secondary N) is 1. The number of anilines is 2. The lowest BCUT2D eigenvalue weighted by molar-refractivity contribution is 0.0691. The minimum Gasteiger partial charge on any atom is -0.476 e. The molecule has 5 heteroatoms. The highest BCUT2D eigenvalue weighted by atomic mass is 35.5. The summed E-state index contributed by atoms with van der Waals surface area (Å²) in [4.78, 5) is 15.0. The number of aromatic carboxylic acids is 1. The molecular formula is C15H15ClN2O2. The molecule has 0 amide bonds. The second-order valence-electron chi connectivity index (χ2n) is 4.73. The average molecular weight is 291 g/mol. The van der Waals surface area contributed by atoms with Crippen molar-refractivity contribution in [3.05, 3.63) is 52.7 Å². The number of carboxylic acids is 1. The van der Waals surface area contributed by atoms with Gasteiger partial charge < -0.3 is 10.4 Å². The van der Waals surface area contributed by atoms with Crippen molar-refractivity contribution in [2.75, 3.05) is 5.32 Å². The summed E-state index contributed by atoms with van der Waals surface area (Å²) in [6.07, 6.45) is 0. The van der Waals surface area contributed by atoms with Crippen molar-refractivity contribution in [2.24, 2.45) is 0 Å². The molecule has 0 fully saturated rings. The van der Waals surface area contributed by atoms with Gasteiger partial charge in [-0.2, -0.15) is 0 Å². The van der Waals surface area contributed by atoms with E-state index in [0.717, 1.165) is 5.69 Å². The van der Waals surface area contributed by atoms with Crippen molar-refractivity contribution < 1.29 is 9.90 Å². The first kappa shape index (κ1) is 14.3. The molecule has 0 bridgehead atoms. The van der Waals surface area contributed by atoms with E-state index in [1.165, 1.54) is 11.6 Å². The van der Waals surface area contributed by atoms with Gasteiger partial charge in [0, 0.05) is 5.69 Å². The zero-order chi connectivity index (χ0) is 14.7. The summed E-state index contributed by atoms with van der Waals surface area (Å²) in [7, 11) is 0. The van der Waals surface area contributed by atoms with Gasteiger partial charge in [0.1, 0.15) is 5.82 Å². The Morgan fingerprint density at radius 3 is 2.40 bits per heavy atom. The fraction of sp³-hybridized carbons (Fsp3) is 0.200. The minimum atomic E-state index is -1.14. The third-order valence-corrected chi connectivity index (χ3v) is 3.20. The lowest BCUT2D eigenvalue weighted by atomic mass is 10.0. The van der Waals surface area contributed by atoms with Crippen LogP contribution in [-0.2, 0) is 0 Å². The first-order valence-electron chi connectivity index (χ1n) is 6.24. The van der Waals surface area contributed by atoms with E-state index in [1.807, 2.05) is 24.3 Å². The van der Waals surface area contributed by atoms with E-state index in [2.05, 4.69) is 24.1 Å². The largest absolute Gasteiger partial charge is 0.476 e. The van der Waals surface area contributed by atoms with E-state index in [0.29, 0.717) is 11.7 Å². The fourth-order valence-corrected chi connectivity index (χ4v) is 1.95. The molecule has 1 heterocycles. The van der Waals surface area contributed by atoms with Gasteiger partial charge in [-0.05, 0) is 35.7 Å². The number of rotatable bonds is 4. The number of nitrogens with zero attached hydrogens (tertiary/aromatic N) is 1. The van der Waals surface area contributed by atoms with Crippen LogP contribution in [0.4, 0.5) is 11.5 Å². The molecule has 1 aromatic heterocycles. The molecule has 104 valence electrons. The summed E-state index contributed by atoms with van der Waals surface area (Å²) in [5.74, 6) is -0.228. The Balaban J connectivity index is 2.21. The van der Waals surface area contributed by atoms with Gasteiger partial charge in [0.05, 0.1) is 5.02 Å². The molecular weight excluding hydrogens is 276 g/mol. The number of carbonyl (C=O) groups is 1. The Kier molecular flexibility index (Phi) is 4.25. The van der Waals surface area contributed by atoms with Gasteiger partial charge in [-0.3, -0.25) is 0 Å². The van der Waals surface area contributed by atoms with Crippen molar-refractivity contribution in [1.29, 1.82) is 0 Å². The standard InChI is InChI=1S/C15H15ClN2O2/c1-9(2)10-3-5-11(6-4-10)17-13-8-7-12(16)14(18-13)15(19)20/h3-9H,1-2H3,(H,17,18)(H,19,20). The quantitative estimate of drug-likeness (QED) is 0.881. The van der Waals surface area contributed by atoms with Gasteiger partial charge in [-0.25, -0.2) is 9.78 Å².